The number of carbonyl (C=O) groups excluding carboxylic acids is 2. The van der Waals surface area contributed by atoms with Gasteiger partial charge in [-0.1, -0.05) is 12.8 Å². The fourth-order valence-electron chi connectivity index (χ4n) is 2.28. The first-order valence-electron chi connectivity index (χ1n) is 6.19. The average molecular weight is 242 g/mol. The van der Waals surface area contributed by atoms with Crippen LogP contribution in [0.2, 0.25) is 0 Å². The van der Waals surface area contributed by atoms with Gasteiger partial charge in [-0.3, -0.25) is 9.59 Å². The predicted molar refractivity (Wildman–Crippen MR) is 64.2 cm³/mol. The molecule has 17 heavy (non-hydrogen) atoms. The van der Waals surface area contributed by atoms with Gasteiger partial charge in [0.2, 0.25) is 5.91 Å². The Morgan fingerprint density at radius 2 is 2.18 bits per heavy atom. The fraction of sp³-hybridized carbons (Fsp3) is 0.833. The summed E-state index contributed by atoms with van der Waals surface area (Å²) >= 11 is 0. The van der Waals surface area contributed by atoms with Crippen molar-refractivity contribution in [2.75, 3.05) is 13.2 Å². The molecule has 2 unspecified atom stereocenters. The van der Waals surface area contributed by atoms with E-state index < -0.39 is 11.5 Å². The number of nitrogens with two attached hydrogens (primary N) is 1. The monoisotopic (exact) mass is 242 g/mol. The molecule has 0 aliphatic heterocycles. The van der Waals surface area contributed by atoms with Crippen LogP contribution in [0.25, 0.3) is 0 Å². The van der Waals surface area contributed by atoms with Crippen molar-refractivity contribution in [3.05, 3.63) is 0 Å². The van der Waals surface area contributed by atoms with E-state index in [0.717, 1.165) is 25.7 Å². The van der Waals surface area contributed by atoms with E-state index in [1.807, 2.05) is 6.92 Å². The number of nitrogens with one attached hydrogen (secondary N) is 1. The summed E-state index contributed by atoms with van der Waals surface area (Å²) in [6.07, 6.45) is 3.73. The van der Waals surface area contributed by atoms with Crippen molar-refractivity contribution in [2.45, 2.75) is 45.1 Å². The Morgan fingerprint density at radius 3 is 2.76 bits per heavy atom. The first-order valence-corrected chi connectivity index (χ1v) is 6.19. The molecule has 0 aromatic carbocycles. The number of ether oxygens (including phenoxy) is 1. The zero-order valence-corrected chi connectivity index (χ0v) is 10.6. The van der Waals surface area contributed by atoms with Gasteiger partial charge >= 0.3 is 5.97 Å². The van der Waals surface area contributed by atoms with Crippen LogP contribution >= 0.6 is 0 Å². The molecular weight excluding hydrogens is 220 g/mol. The molecule has 0 bridgehead atoms. The molecule has 5 heteroatoms. The molecule has 1 aliphatic rings. The van der Waals surface area contributed by atoms with Crippen LogP contribution in [0.3, 0.4) is 0 Å². The number of esters is 1. The molecule has 1 rings (SSSR count). The predicted octanol–water partition coefficient (Wildman–Crippen LogP) is 0.573. The molecule has 0 aromatic rings. The number of rotatable bonds is 4. The van der Waals surface area contributed by atoms with Crippen LogP contribution in [0.5, 0.6) is 0 Å². The molecule has 2 atom stereocenters. The summed E-state index contributed by atoms with van der Waals surface area (Å²) in [6, 6.07) is 0. The van der Waals surface area contributed by atoms with E-state index in [0.29, 0.717) is 6.61 Å². The van der Waals surface area contributed by atoms with Gasteiger partial charge in [0, 0.05) is 5.54 Å². The number of amides is 1. The first kappa shape index (κ1) is 14.0. The molecular formula is C12H22N2O3. The molecule has 0 radical (unpaired) electrons. The van der Waals surface area contributed by atoms with Gasteiger partial charge in [0.25, 0.3) is 0 Å². The van der Waals surface area contributed by atoms with Crippen LogP contribution in [0.4, 0.5) is 0 Å². The lowest BCUT2D eigenvalue weighted by Crippen LogP contribution is -2.53. The van der Waals surface area contributed by atoms with E-state index in [1.165, 1.54) is 0 Å². The normalized spacial score (nSPS) is 28.5. The second-order valence-electron chi connectivity index (χ2n) is 4.83. The molecule has 0 saturated heterocycles. The van der Waals surface area contributed by atoms with Crippen LogP contribution in [0.1, 0.15) is 39.5 Å². The maximum absolute atomic E-state index is 11.9. The van der Waals surface area contributed by atoms with Gasteiger partial charge in [0.05, 0.1) is 12.5 Å². The second kappa shape index (κ2) is 6.00. The van der Waals surface area contributed by atoms with Crippen molar-refractivity contribution in [1.82, 2.24) is 5.32 Å². The summed E-state index contributed by atoms with van der Waals surface area (Å²) in [5, 5.41) is 2.60. The van der Waals surface area contributed by atoms with Crippen molar-refractivity contribution in [2.24, 2.45) is 11.7 Å². The van der Waals surface area contributed by atoms with Crippen LogP contribution in [-0.4, -0.2) is 30.6 Å². The van der Waals surface area contributed by atoms with Gasteiger partial charge in [0.15, 0.2) is 0 Å². The van der Waals surface area contributed by atoms with Gasteiger partial charge in [-0.05, 0) is 26.7 Å². The lowest BCUT2D eigenvalue weighted by molar-refractivity contribution is -0.144. The van der Waals surface area contributed by atoms with Gasteiger partial charge < -0.3 is 15.8 Å². The quantitative estimate of drug-likeness (QED) is 0.706. The molecule has 98 valence electrons. The molecule has 1 fully saturated rings. The molecule has 1 aliphatic carbocycles. The smallest absolute Gasteiger partial charge is 0.325 e. The largest absolute Gasteiger partial charge is 0.465 e. The van der Waals surface area contributed by atoms with Gasteiger partial charge in [-0.15, -0.1) is 0 Å². The molecule has 0 heterocycles. The maximum atomic E-state index is 11.9. The first-order chi connectivity index (χ1) is 7.97. The molecule has 5 nitrogen and oxygen atoms in total. The third-order valence-electron chi connectivity index (χ3n) is 3.28. The number of hydrogen-bond acceptors (Lipinski definition) is 4. The summed E-state index contributed by atoms with van der Waals surface area (Å²) in [4.78, 5) is 23.0. The molecule has 0 aromatic heterocycles. The molecule has 1 amide bonds. The van der Waals surface area contributed by atoms with Gasteiger partial charge in [0.1, 0.15) is 6.54 Å². The van der Waals surface area contributed by atoms with E-state index >= 15 is 0 Å². The summed E-state index contributed by atoms with van der Waals surface area (Å²) in [6.45, 7) is 3.89. The Kier molecular flexibility index (Phi) is 4.93. The summed E-state index contributed by atoms with van der Waals surface area (Å²) < 4.78 is 4.75. The highest BCUT2D eigenvalue weighted by Gasteiger charge is 2.37. The Balaban J connectivity index is 2.43. The SMILES string of the molecule is CCOC(=O)CNC(=O)C1CCCCC1(C)N. The van der Waals surface area contributed by atoms with Crippen LogP contribution < -0.4 is 11.1 Å². The zero-order valence-electron chi connectivity index (χ0n) is 10.6. The van der Waals surface area contributed by atoms with Crippen LogP contribution in [0, 0.1) is 5.92 Å². The summed E-state index contributed by atoms with van der Waals surface area (Å²) in [5.41, 5.74) is 5.65. The van der Waals surface area contributed by atoms with Crippen molar-refractivity contribution < 1.29 is 14.3 Å². The minimum Gasteiger partial charge on any atom is -0.465 e. The standard InChI is InChI=1S/C12H22N2O3/c1-3-17-10(15)8-14-11(16)9-6-4-5-7-12(9,2)13/h9H,3-8,13H2,1-2H3,(H,14,16). The number of hydrogen-bond donors (Lipinski definition) is 2. The van der Waals surface area contributed by atoms with Crippen molar-refractivity contribution >= 4 is 11.9 Å². The van der Waals surface area contributed by atoms with Gasteiger partial charge in [-0.2, -0.15) is 0 Å². The summed E-state index contributed by atoms with van der Waals surface area (Å²) in [5.74, 6) is -0.746. The third-order valence-corrected chi connectivity index (χ3v) is 3.28. The minimum absolute atomic E-state index is 0.0702. The third kappa shape index (κ3) is 4.00. The maximum Gasteiger partial charge on any atom is 0.325 e. The van der Waals surface area contributed by atoms with Crippen molar-refractivity contribution in [1.29, 1.82) is 0 Å². The van der Waals surface area contributed by atoms with Gasteiger partial charge in [-0.25, -0.2) is 0 Å². The average Bonchev–Trinajstić information content (AvgIpc) is 2.26. The van der Waals surface area contributed by atoms with E-state index in [4.69, 9.17) is 10.5 Å². The molecule has 3 N–H and O–H groups in total. The van der Waals surface area contributed by atoms with Crippen LogP contribution in [0.15, 0.2) is 0 Å². The lowest BCUT2D eigenvalue weighted by atomic mass is 9.74. The second-order valence-corrected chi connectivity index (χ2v) is 4.83. The Hall–Kier alpha value is -1.10. The topological polar surface area (TPSA) is 81.4 Å². The fourth-order valence-corrected chi connectivity index (χ4v) is 2.28. The number of carbonyl (C=O) groups is 2. The Morgan fingerprint density at radius 1 is 1.47 bits per heavy atom. The van der Waals surface area contributed by atoms with E-state index in [-0.39, 0.29) is 18.4 Å². The highest BCUT2D eigenvalue weighted by Crippen LogP contribution is 2.31. The Bertz CT molecular complexity index is 289. The van der Waals surface area contributed by atoms with Crippen LogP contribution in [-0.2, 0) is 14.3 Å². The minimum atomic E-state index is -0.461. The highest BCUT2D eigenvalue weighted by molar-refractivity contribution is 5.84. The summed E-state index contributed by atoms with van der Waals surface area (Å²) in [7, 11) is 0. The zero-order chi connectivity index (χ0) is 12.9. The van der Waals surface area contributed by atoms with E-state index in [2.05, 4.69) is 5.32 Å². The van der Waals surface area contributed by atoms with E-state index in [9.17, 15) is 9.59 Å². The highest BCUT2D eigenvalue weighted by atomic mass is 16.5. The Labute approximate surface area is 102 Å². The van der Waals surface area contributed by atoms with Crippen molar-refractivity contribution in [3.63, 3.8) is 0 Å². The van der Waals surface area contributed by atoms with E-state index in [1.54, 1.807) is 6.92 Å². The van der Waals surface area contributed by atoms with Crippen molar-refractivity contribution in [3.8, 4) is 0 Å². The lowest BCUT2D eigenvalue weighted by Gasteiger charge is -2.37. The molecule has 0 spiro atoms. The molecule has 1 saturated carbocycles.